The van der Waals surface area contributed by atoms with Gasteiger partial charge in [0, 0.05) is 0 Å². The van der Waals surface area contributed by atoms with E-state index in [1.165, 1.54) is 14.0 Å². The molecule has 0 saturated heterocycles. The molecule has 0 aliphatic rings. The summed E-state index contributed by atoms with van der Waals surface area (Å²) in [5.41, 5.74) is 0.823. The van der Waals surface area contributed by atoms with E-state index >= 15 is 0 Å². The van der Waals surface area contributed by atoms with Crippen LogP contribution in [0.15, 0.2) is 0 Å². The first-order valence-electron chi connectivity index (χ1n) is 6.65. The Labute approximate surface area is 116 Å². The predicted octanol–water partition coefficient (Wildman–Crippen LogP) is 2.11. The number of hydrogen-bond acceptors (Lipinski definition) is 4. The zero-order valence-corrected chi connectivity index (χ0v) is 14.4. The monoisotopic (exact) mass is 328 g/mol. The van der Waals surface area contributed by atoms with E-state index in [-0.39, 0.29) is 5.78 Å². The van der Waals surface area contributed by atoms with Gasteiger partial charge in [0.05, 0.1) is 0 Å². The molecule has 0 fully saturated rings. The van der Waals surface area contributed by atoms with Gasteiger partial charge in [-0.2, -0.15) is 0 Å². The van der Waals surface area contributed by atoms with E-state index in [1.54, 1.807) is 0 Å². The molecule has 1 aromatic heterocycles. The van der Waals surface area contributed by atoms with Crippen LogP contribution in [0.5, 0.6) is 0 Å². The van der Waals surface area contributed by atoms with Gasteiger partial charge in [-0.25, -0.2) is 0 Å². The number of H-pyrrole nitrogens is 1. The molecule has 0 amide bonds. The molecule has 6 heteroatoms. The van der Waals surface area contributed by atoms with Crippen molar-refractivity contribution < 1.29 is 14.3 Å². The van der Waals surface area contributed by atoms with Gasteiger partial charge in [-0.15, -0.1) is 0 Å². The summed E-state index contributed by atoms with van der Waals surface area (Å²) in [4.78, 5) is 23.7. The number of esters is 1. The Bertz CT molecular complexity index is 470. The molecule has 0 unspecified atom stereocenters. The predicted molar refractivity (Wildman–Crippen MR) is 76.8 cm³/mol. The second-order valence-electron chi connectivity index (χ2n) is 4.71. The number of carbonyl (C=O) groups excluding carboxylic acids is 2. The summed E-state index contributed by atoms with van der Waals surface area (Å²) in [6.45, 7) is 7.93. The third-order valence-electron chi connectivity index (χ3n) is 4.05. The Morgan fingerprint density at radius 2 is 1.74 bits per heavy atom. The average Bonchev–Trinajstić information content (AvgIpc) is 2.86. The normalized spacial score (nSPS) is 11.4. The van der Waals surface area contributed by atoms with Crippen molar-refractivity contribution in [2.75, 3.05) is 7.11 Å². The third-order valence-corrected chi connectivity index (χ3v) is 15.8. The zero-order valence-electron chi connectivity index (χ0n) is 12.3. The molecule has 106 valence electrons. The first-order chi connectivity index (χ1) is 8.97. The van der Waals surface area contributed by atoms with Gasteiger partial charge in [-0.3, -0.25) is 0 Å². The summed E-state index contributed by atoms with van der Waals surface area (Å²) >= 11 is -2.47. The summed E-state index contributed by atoms with van der Waals surface area (Å²) < 4.78 is 5.70. The van der Waals surface area contributed by atoms with E-state index in [9.17, 15) is 9.59 Å². The fraction of sp³-hybridized carbons (Fsp3) is 0.615. The van der Waals surface area contributed by atoms with Gasteiger partial charge < -0.3 is 0 Å². The van der Waals surface area contributed by atoms with E-state index in [4.69, 9.17) is 4.74 Å². The second-order valence-corrected chi connectivity index (χ2v) is 15.6. The van der Waals surface area contributed by atoms with E-state index in [0.29, 0.717) is 11.4 Å². The van der Waals surface area contributed by atoms with Crippen molar-refractivity contribution in [1.29, 1.82) is 0 Å². The number of ether oxygens (including phenoxy) is 1. The van der Waals surface area contributed by atoms with E-state index in [1.807, 2.05) is 0 Å². The van der Waals surface area contributed by atoms with Crippen molar-refractivity contribution in [1.82, 2.24) is 10.2 Å². The topological polar surface area (TPSA) is 72.0 Å². The minimum atomic E-state index is -2.47. The molecule has 5 nitrogen and oxygen atoms in total. The Kier molecular flexibility index (Phi) is 5.34. The Morgan fingerprint density at radius 1 is 1.21 bits per heavy atom. The zero-order chi connectivity index (χ0) is 14.6. The molecule has 1 heterocycles. The number of nitrogens with one attached hydrogen (secondary N) is 1. The number of Topliss-reactive ketones (excluding diaryl/α,β-unsaturated/α-hetero) is 1. The molecule has 0 spiro atoms. The van der Waals surface area contributed by atoms with Crippen LogP contribution in [0.1, 0.15) is 48.7 Å². The number of aromatic nitrogens is 2. The Hall–Kier alpha value is -1.11. The summed E-state index contributed by atoms with van der Waals surface area (Å²) in [6.07, 6.45) is 0. The first kappa shape index (κ1) is 15.9. The molecule has 0 radical (unpaired) electrons. The van der Waals surface area contributed by atoms with Crippen LogP contribution >= 0.6 is 0 Å². The van der Waals surface area contributed by atoms with Gasteiger partial charge >= 0.3 is 116 Å². The van der Waals surface area contributed by atoms with Gasteiger partial charge in [0.2, 0.25) is 0 Å². The maximum atomic E-state index is 11.9. The summed E-state index contributed by atoms with van der Waals surface area (Å²) in [6, 6.07) is 0. The van der Waals surface area contributed by atoms with Crippen molar-refractivity contribution in [3.63, 3.8) is 0 Å². The van der Waals surface area contributed by atoms with Crippen LogP contribution in [0.3, 0.4) is 0 Å². The quantitative estimate of drug-likeness (QED) is 0.493. The SMILES string of the molecule is C[CH2][Ge]([CH2]C)([CH2]C)[c]1c(C(C)=O)n[nH]c1C(=O)OC. The molecule has 0 atom stereocenters. The molecule has 19 heavy (non-hydrogen) atoms. The van der Waals surface area contributed by atoms with Gasteiger partial charge in [0.15, 0.2) is 0 Å². The minimum absolute atomic E-state index is 0.0910. The molecule has 0 aromatic carbocycles. The second kappa shape index (κ2) is 6.36. The van der Waals surface area contributed by atoms with Crippen molar-refractivity contribution >= 4 is 29.4 Å². The summed E-state index contributed by atoms with van der Waals surface area (Å²) in [5, 5.41) is 9.86. The molecule has 1 aromatic rings. The Morgan fingerprint density at radius 3 is 2.11 bits per heavy atom. The molecular weight excluding hydrogens is 305 g/mol. The maximum absolute atomic E-state index is 11.9. The van der Waals surface area contributed by atoms with Gasteiger partial charge in [-0.1, -0.05) is 0 Å². The van der Waals surface area contributed by atoms with Crippen LogP contribution in [0.4, 0.5) is 0 Å². The van der Waals surface area contributed by atoms with Gasteiger partial charge in [-0.05, 0) is 0 Å². The molecule has 1 N–H and O–H groups in total. The number of carbonyl (C=O) groups is 2. The van der Waals surface area contributed by atoms with Crippen molar-refractivity contribution in [3.05, 3.63) is 11.4 Å². The van der Waals surface area contributed by atoms with Crippen molar-refractivity contribution in [2.24, 2.45) is 0 Å². The van der Waals surface area contributed by atoms with Crippen molar-refractivity contribution in [3.8, 4) is 0 Å². The fourth-order valence-electron chi connectivity index (χ4n) is 2.64. The standard InChI is InChI=1S/C13H22GeN2O3/c1-6-14(7-2,8-3)10-11(9(4)17)15-16-12(10)13(18)19-5/h6-8H2,1-5H3,(H,15,16). The number of aromatic amines is 1. The van der Waals surface area contributed by atoms with Crippen molar-refractivity contribution in [2.45, 2.75) is 43.5 Å². The molecule has 1 rings (SSSR count). The van der Waals surface area contributed by atoms with Crippen LogP contribution in [-0.4, -0.2) is 42.3 Å². The van der Waals surface area contributed by atoms with Crippen LogP contribution < -0.4 is 4.40 Å². The molecule has 0 bridgehead atoms. The van der Waals surface area contributed by atoms with Crippen LogP contribution in [0.2, 0.25) is 15.8 Å². The summed E-state index contributed by atoms with van der Waals surface area (Å²) in [7, 11) is 1.35. The van der Waals surface area contributed by atoms with Crippen LogP contribution in [-0.2, 0) is 4.74 Å². The fourth-order valence-corrected chi connectivity index (χ4v) is 11.0. The van der Waals surface area contributed by atoms with Crippen LogP contribution in [0, 0.1) is 0 Å². The number of nitrogens with zero attached hydrogens (tertiary/aromatic N) is 1. The van der Waals surface area contributed by atoms with E-state index in [2.05, 4.69) is 31.0 Å². The van der Waals surface area contributed by atoms with Gasteiger partial charge in [0.1, 0.15) is 0 Å². The third kappa shape index (κ3) is 2.75. The van der Waals surface area contributed by atoms with E-state index < -0.39 is 19.2 Å². The van der Waals surface area contributed by atoms with E-state index in [0.717, 1.165) is 20.2 Å². The molecule has 0 saturated carbocycles. The first-order valence-corrected chi connectivity index (χ1v) is 12.1. The number of methoxy groups -OCH3 is 1. The average molecular weight is 327 g/mol. The number of rotatable bonds is 6. The molecular formula is C13H22GeN2O3. The summed E-state index contributed by atoms with van der Waals surface area (Å²) in [5.74, 6) is -0.521. The number of ketones is 1. The van der Waals surface area contributed by atoms with Gasteiger partial charge in [0.25, 0.3) is 0 Å². The van der Waals surface area contributed by atoms with Crippen LogP contribution in [0.25, 0.3) is 0 Å². The molecule has 0 aliphatic carbocycles. The molecule has 0 aliphatic heterocycles. The Balaban J connectivity index is 3.56. The number of hydrogen-bond donors (Lipinski definition) is 1.